The van der Waals surface area contributed by atoms with Crippen molar-refractivity contribution >= 4 is 12.4 Å². The molecule has 0 aromatic carbocycles. The summed E-state index contributed by atoms with van der Waals surface area (Å²) in [6.45, 7) is 9.07. The number of methoxy groups -OCH3 is 1. The minimum absolute atomic E-state index is 0. The maximum atomic E-state index is 4.54. The van der Waals surface area contributed by atoms with E-state index in [4.69, 9.17) is 0 Å². The van der Waals surface area contributed by atoms with Gasteiger partial charge in [0.1, 0.15) is 0 Å². The Labute approximate surface area is 89.3 Å². The van der Waals surface area contributed by atoms with Crippen molar-refractivity contribution < 1.29 is 4.74 Å². The molecule has 0 fully saturated rings. The van der Waals surface area contributed by atoms with Crippen LogP contribution in [-0.2, 0) is 4.74 Å². The Morgan fingerprint density at radius 2 is 1.77 bits per heavy atom. The average molecular weight is 207 g/mol. The minimum atomic E-state index is 0. The van der Waals surface area contributed by atoms with Crippen LogP contribution in [0.25, 0.3) is 0 Å². The Hall–Kier alpha value is -0.270. The monoisotopic (exact) mass is 206 g/mol. The molecule has 0 amide bonds. The molecule has 0 unspecified atom stereocenters. The molecule has 0 spiro atoms. The Balaban J connectivity index is -0.000000173. The van der Waals surface area contributed by atoms with E-state index in [0.29, 0.717) is 0 Å². The first-order valence-electron chi connectivity index (χ1n) is 4.51. The molecule has 0 atom stereocenters. The molecule has 0 saturated carbocycles. The van der Waals surface area contributed by atoms with Gasteiger partial charge in [-0.05, 0) is 27.2 Å². The molecule has 0 bridgehead atoms. The van der Waals surface area contributed by atoms with Gasteiger partial charge in [-0.2, -0.15) is 0 Å². The Bertz CT molecular complexity index is 126. The van der Waals surface area contributed by atoms with E-state index in [1.165, 1.54) is 5.57 Å². The zero-order valence-corrected chi connectivity index (χ0v) is 10.3. The molecule has 0 aliphatic carbocycles. The zero-order chi connectivity index (χ0) is 9.82. The average Bonchev–Trinajstić information content (AvgIpc) is 2.14. The van der Waals surface area contributed by atoms with Gasteiger partial charge in [0.2, 0.25) is 0 Å². The van der Waals surface area contributed by atoms with Crippen LogP contribution in [0, 0.1) is 0 Å². The number of halogens is 1. The lowest BCUT2D eigenvalue weighted by Gasteiger charge is -1.84. The largest absolute Gasteiger partial charge is 0.385 e. The summed E-state index contributed by atoms with van der Waals surface area (Å²) in [5.74, 6) is 0. The highest BCUT2D eigenvalue weighted by Gasteiger charge is 1.72. The van der Waals surface area contributed by atoms with Crippen molar-refractivity contribution in [3.63, 3.8) is 0 Å². The SMILES string of the molecule is C/C=C(C)\C=C/CC.CCOC.Cl. The maximum absolute atomic E-state index is 4.54. The van der Waals surface area contributed by atoms with Gasteiger partial charge in [-0.15, -0.1) is 12.4 Å². The van der Waals surface area contributed by atoms with E-state index in [9.17, 15) is 0 Å². The standard InChI is InChI=1S/C8H14.C3H8O.ClH/c1-4-6-7-8(3)5-2;1-3-4-2;/h5-7H,4H2,1-3H3;3H2,1-2H3;1H/b7-6-,8-5-;;. The van der Waals surface area contributed by atoms with Crippen LogP contribution in [0.1, 0.15) is 34.1 Å². The smallest absolute Gasteiger partial charge is 0.0433 e. The van der Waals surface area contributed by atoms with Crippen molar-refractivity contribution in [1.29, 1.82) is 0 Å². The van der Waals surface area contributed by atoms with Crippen LogP contribution in [-0.4, -0.2) is 13.7 Å². The summed E-state index contributed by atoms with van der Waals surface area (Å²) < 4.78 is 4.54. The van der Waals surface area contributed by atoms with E-state index in [-0.39, 0.29) is 12.4 Å². The molecule has 0 saturated heterocycles. The van der Waals surface area contributed by atoms with Gasteiger partial charge in [-0.1, -0.05) is 30.7 Å². The Morgan fingerprint density at radius 3 is 2.00 bits per heavy atom. The zero-order valence-electron chi connectivity index (χ0n) is 9.46. The molecule has 0 aromatic rings. The van der Waals surface area contributed by atoms with Gasteiger partial charge in [-0.25, -0.2) is 0 Å². The molecular formula is C11H23ClO. The summed E-state index contributed by atoms with van der Waals surface area (Å²) in [7, 11) is 1.68. The van der Waals surface area contributed by atoms with Crippen molar-refractivity contribution in [2.75, 3.05) is 13.7 Å². The van der Waals surface area contributed by atoms with Crippen LogP contribution >= 0.6 is 12.4 Å². The van der Waals surface area contributed by atoms with Crippen LogP contribution in [0.15, 0.2) is 23.8 Å². The first-order valence-corrected chi connectivity index (χ1v) is 4.51. The summed E-state index contributed by atoms with van der Waals surface area (Å²) in [5, 5.41) is 0. The lowest BCUT2D eigenvalue weighted by Crippen LogP contribution is -1.73. The number of rotatable bonds is 3. The maximum Gasteiger partial charge on any atom is 0.0433 e. The van der Waals surface area contributed by atoms with Crippen LogP contribution in [0.3, 0.4) is 0 Å². The summed E-state index contributed by atoms with van der Waals surface area (Å²) in [5.41, 5.74) is 1.34. The van der Waals surface area contributed by atoms with Crippen LogP contribution < -0.4 is 0 Å². The second kappa shape index (κ2) is 17.7. The second-order valence-electron chi connectivity index (χ2n) is 2.42. The lowest BCUT2D eigenvalue weighted by molar-refractivity contribution is 0.215. The van der Waals surface area contributed by atoms with E-state index < -0.39 is 0 Å². The molecule has 13 heavy (non-hydrogen) atoms. The molecule has 0 aromatic heterocycles. The molecule has 2 heteroatoms. The second-order valence-corrected chi connectivity index (χ2v) is 2.42. The summed E-state index contributed by atoms with van der Waals surface area (Å²) in [6.07, 6.45) is 7.53. The summed E-state index contributed by atoms with van der Waals surface area (Å²) in [4.78, 5) is 0. The minimum Gasteiger partial charge on any atom is -0.385 e. The van der Waals surface area contributed by atoms with Crippen molar-refractivity contribution in [2.45, 2.75) is 34.1 Å². The van der Waals surface area contributed by atoms with Crippen molar-refractivity contribution in [3.8, 4) is 0 Å². The highest BCUT2D eigenvalue weighted by molar-refractivity contribution is 5.85. The molecule has 1 nitrogen and oxygen atoms in total. The molecule has 0 rings (SSSR count). The van der Waals surface area contributed by atoms with Gasteiger partial charge in [0, 0.05) is 13.7 Å². The molecule has 80 valence electrons. The van der Waals surface area contributed by atoms with Gasteiger partial charge < -0.3 is 4.74 Å². The highest BCUT2D eigenvalue weighted by Crippen LogP contribution is 1.93. The number of hydrogen-bond acceptors (Lipinski definition) is 1. The van der Waals surface area contributed by atoms with Gasteiger partial charge in [-0.3, -0.25) is 0 Å². The van der Waals surface area contributed by atoms with Crippen LogP contribution in [0.2, 0.25) is 0 Å². The third-order valence-electron chi connectivity index (χ3n) is 1.36. The third-order valence-corrected chi connectivity index (χ3v) is 1.36. The van der Waals surface area contributed by atoms with Crippen LogP contribution in [0.4, 0.5) is 0 Å². The molecule has 0 heterocycles. The predicted molar refractivity (Wildman–Crippen MR) is 63.7 cm³/mol. The van der Waals surface area contributed by atoms with Gasteiger partial charge in [0.25, 0.3) is 0 Å². The lowest BCUT2D eigenvalue weighted by atomic mass is 10.2. The predicted octanol–water partition coefficient (Wildman–Crippen LogP) is 3.99. The fourth-order valence-corrected chi connectivity index (χ4v) is 0.400. The van der Waals surface area contributed by atoms with Gasteiger partial charge in [0.05, 0.1) is 0 Å². The first-order chi connectivity index (χ1) is 5.72. The van der Waals surface area contributed by atoms with Crippen molar-refractivity contribution in [3.05, 3.63) is 23.8 Å². The fraction of sp³-hybridized carbons (Fsp3) is 0.636. The third kappa shape index (κ3) is 24.5. The van der Waals surface area contributed by atoms with E-state index in [1.54, 1.807) is 7.11 Å². The van der Waals surface area contributed by atoms with Gasteiger partial charge >= 0.3 is 0 Å². The number of allylic oxidation sites excluding steroid dienone is 4. The molecular weight excluding hydrogens is 184 g/mol. The number of hydrogen-bond donors (Lipinski definition) is 0. The highest BCUT2D eigenvalue weighted by atomic mass is 35.5. The fourth-order valence-electron chi connectivity index (χ4n) is 0.400. The molecule has 0 aliphatic rings. The van der Waals surface area contributed by atoms with Crippen molar-refractivity contribution in [2.24, 2.45) is 0 Å². The first kappa shape index (κ1) is 18.5. The molecule has 0 aliphatic heterocycles. The summed E-state index contributed by atoms with van der Waals surface area (Å²) in [6, 6.07) is 0. The van der Waals surface area contributed by atoms with Crippen LogP contribution in [0.5, 0.6) is 0 Å². The number of ether oxygens (including phenoxy) is 1. The van der Waals surface area contributed by atoms with E-state index >= 15 is 0 Å². The van der Waals surface area contributed by atoms with E-state index in [0.717, 1.165) is 13.0 Å². The normalized spacial score (nSPS) is 10.4. The topological polar surface area (TPSA) is 9.23 Å². The molecule has 0 radical (unpaired) electrons. The Morgan fingerprint density at radius 1 is 1.31 bits per heavy atom. The molecule has 0 N–H and O–H groups in total. The van der Waals surface area contributed by atoms with Crippen molar-refractivity contribution in [1.82, 2.24) is 0 Å². The summed E-state index contributed by atoms with van der Waals surface area (Å²) >= 11 is 0. The quantitative estimate of drug-likeness (QED) is 0.635. The van der Waals surface area contributed by atoms with Gasteiger partial charge in [0.15, 0.2) is 0 Å². The Kier molecular flexibility index (Phi) is 25.2. The van der Waals surface area contributed by atoms with E-state index in [2.05, 4.69) is 43.7 Å². The van der Waals surface area contributed by atoms with E-state index in [1.807, 2.05) is 6.92 Å².